The fourth-order valence-electron chi connectivity index (χ4n) is 3.51. The molecule has 0 bridgehead atoms. The number of hydrogen-bond donors (Lipinski definition) is 6. The molecule has 0 radical (unpaired) electrons. The predicted octanol–water partition coefficient (Wildman–Crippen LogP) is 2.78. The number of primary amides is 1. The van der Waals surface area contributed by atoms with E-state index >= 15 is 0 Å². The molecule has 1 aliphatic rings. The number of nitrogens with two attached hydrogens (primary N) is 2. The van der Waals surface area contributed by atoms with Gasteiger partial charge >= 0.3 is 0 Å². The largest absolute Gasteiger partial charge is 0.388 e. The highest BCUT2D eigenvalue weighted by atomic mass is 19.1. The van der Waals surface area contributed by atoms with Gasteiger partial charge in [-0.1, -0.05) is 12.8 Å². The van der Waals surface area contributed by atoms with Crippen molar-refractivity contribution in [1.29, 1.82) is 5.41 Å². The Labute approximate surface area is 168 Å². The lowest BCUT2D eigenvalue weighted by atomic mass is 9.91. The van der Waals surface area contributed by atoms with Crippen molar-refractivity contribution in [2.75, 3.05) is 23.0 Å². The van der Waals surface area contributed by atoms with Gasteiger partial charge in [-0.2, -0.15) is 0 Å². The molecule has 9 heteroatoms. The summed E-state index contributed by atoms with van der Waals surface area (Å²) in [5, 5.41) is 16.6. The molecule has 1 aromatic heterocycles. The van der Waals surface area contributed by atoms with Crippen LogP contribution in [0.25, 0.3) is 0 Å². The van der Waals surface area contributed by atoms with Crippen LogP contribution in [0.2, 0.25) is 0 Å². The molecule has 2 atom stereocenters. The minimum atomic E-state index is -0.793. The van der Waals surface area contributed by atoms with E-state index in [1.54, 1.807) is 25.2 Å². The van der Waals surface area contributed by atoms with Gasteiger partial charge in [-0.3, -0.25) is 4.79 Å². The Hall–Kier alpha value is -3.20. The second kappa shape index (κ2) is 8.87. The maximum absolute atomic E-state index is 14.6. The van der Waals surface area contributed by atoms with Crippen molar-refractivity contribution >= 4 is 35.1 Å². The average Bonchev–Trinajstić information content (AvgIpc) is 2.71. The minimum Gasteiger partial charge on any atom is -0.388 e. The molecule has 1 amide bonds. The lowest BCUT2D eigenvalue weighted by molar-refractivity contribution is 0.100. The Bertz CT molecular complexity index is 918. The summed E-state index contributed by atoms with van der Waals surface area (Å²) in [5.41, 5.74) is 13.5. The summed E-state index contributed by atoms with van der Waals surface area (Å²) in [6.45, 7) is 0. The molecular weight excluding hydrogens is 373 g/mol. The quantitative estimate of drug-likeness (QED) is 0.395. The van der Waals surface area contributed by atoms with Crippen LogP contribution < -0.4 is 27.4 Å². The van der Waals surface area contributed by atoms with Crippen LogP contribution in [0.15, 0.2) is 24.3 Å². The third-order valence-electron chi connectivity index (χ3n) is 5.12. The molecule has 0 spiro atoms. The number of benzene rings is 1. The summed E-state index contributed by atoms with van der Waals surface area (Å²) < 4.78 is 14.6. The lowest BCUT2D eigenvalue weighted by Gasteiger charge is -2.30. The van der Waals surface area contributed by atoms with E-state index in [0.717, 1.165) is 37.4 Å². The number of amides is 1. The normalized spacial score (nSPS) is 18.7. The van der Waals surface area contributed by atoms with Gasteiger partial charge in [0.1, 0.15) is 5.82 Å². The Balaban J connectivity index is 1.94. The number of anilines is 4. The van der Waals surface area contributed by atoms with Crippen molar-refractivity contribution in [3.05, 3.63) is 41.2 Å². The average molecular weight is 399 g/mol. The molecule has 3 rings (SSSR count). The first-order valence-electron chi connectivity index (χ1n) is 9.54. The molecule has 1 aliphatic carbocycles. The van der Waals surface area contributed by atoms with E-state index in [-0.39, 0.29) is 29.3 Å². The monoisotopic (exact) mass is 399 g/mol. The van der Waals surface area contributed by atoms with Gasteiger partial charge in [0.25, 0.3) is 5.91 Å². The molecule has 29 heavy (non-hydrogen) atoms. The number of carbonyl (C=O) groups is 1. The summed E-state index contributed by atoms with van der Waals surface area (Å²) in [7, 11) is 1.76. The number of carbonyl (C=O) groups excluding carboxylic acids is 1. The summed E-state index contributed by atoms with van der Waals surface area (Å²) in [4.78, 5) is 16.1. The Kier molecular flexibility index (Phi) is 6.28. The molecule has 1 saturated carbocycles. The molecule has 2 aromatic rings. The van der Waals surface area contributed by atoms with Gasteiger partial charge < -0.3 is 32.8 Å². The number of hydrogen-bond acceptors (Lipinski definition) is 7. The van der Waals surface area contributed by atoms with Crippen LogP contribution in [0.3, 0.4) is 0 Å². The molecule has 0 saturated heterocycles. The van der Waals surface area contributed by atoms with Crippen molar-refractivity contribution in [2.24, 2.45) is 11.5 Å². The molecule has 1 fully saturated rings. The van der Waals surface area contributed by atoms with E-state index in [1.807, 2.05) is 0 Å². The number of nitrogens with one attached hydrogen (secondary N) is 4. The van der Waals surface area contributed by atoms with Gasteiger partial charge in [0, 0.05) is 42.3 Å². The summed E-state index contributed by atoms with van der Waals surface area (Å²) in [6.07, 6.45) is 4.98. The van der Waals surface area contributed by atoms with Gasteiger partial charge in [-0.15, -0.1) is 0 Å². The van der Waals surface area contributed by atoms with Crippen LogP contribution in [0.5, 0.6) is 0 Å². The van der Waals surface area contributed by atoms with Crippen molar-refractivity contribution in [2.45, 2.75) is 37.8 Å². The van der Waals surface area contributed by atoms with Gasteiger partial charge in [0.05, 0.1) is 5.56 Å². The van der Waals surface area contributed by atoms with E-state index in [2.05, 4.69) is 20.9 Å². The standard InChI is InChI=1S/C20H26FN7O/c1-25-16-7-6-12(8-11(16)10-22)26-19-13(18(24)29)9-14(21)20(28-19)27-17-5-3-2-4-15(17)23/h6-10,15,17,22,25H,2-5,23H2,1H3,(H2,24,29)(H2,26,27,28)/t15-,17+/m0/s1. The van der Waals surface area contributed by atoms with Crippen LogP contribution >= 0.6 is 0 Å². The van der Waals surface area contributed by atoms with Crippen LogP contribution in [-0.2, 0) is 0 Å². The molecule has 1 heterocycles. The van der Waals surface area contributed by atoms with E-state index < -0.39 is 11.7 Å². The van der Waals surface area contributed by atoms with Crippen molar-refractivity contribution < 1.29 is 9.18 Å². The molecule has 154 valence electrons. The third kappa shape index (κ3) is 4.62. The van der Waals surface area contributed by atoms with Crippen molar-refractivity contribution in [3.63, 3.8) is 0 Å². The Morgan fingerprint density at radius 2 is 2.03 bits per heavy atom. The maximum atomic E-state index is 14.6. The zero-order valence-corrected chi connectivity index (χ0v) is 16.3. The molecule has 0 unspecified atom stereocenters. The van der Waals surface area contributed by atoms with Gasteiger partial charge in [0.15, 0.2) is 11.6 Å². The number of aromatic nitrogens is 1. The third-order valence-corrected chi connectivity index (χ3v) is 5.12. The highest BCUT2D eigenvalue weighted by molar-refractivity contribution is 5.99. The first-order valence-corrected chi connectivity index (χ1v) is 9.54. The zero-order valence-electron chi connectivity index (χ0n) is 16.3. The van der Waals surface area contributed by atoms with Crippen LogP contribution in [0, 0.1) is 11.2 Å². The van der Waals surface area contributed by atoms with E-state index in [1.165, 1.54) is 6.21 Å². The summed E-state index contributed by atoms with van der Waals surface area (Å²) in [6, 6.07) is 6.18. The number of nitrogens with zero attached hydrogens (tertiary/aromatic N) is 1. The highest BCUT2D eigenvalue weighted by Gasteiger charge is 2.24. The topological polar surface area (TPSA) is 142 Å². The lowest BCUT2D eigenvalue weighted by Crippen LogP contribution is -2.43. The minimum absolute atomic E-state index is 0.0268. The van der Waals surface area contributed by atoms with Crippen molar-refractivity contribution in [3.8, 4) is 0 Å². The SMILES string of the molecule is CNc1ccc(Nc2nc(N[C@@H]3CCCC[C@@H]3N)c(F)cc2C(N)=O)cc1C=N. The van der Waals surface area contributed by atoms with E-state index in [0.29, 0.717) is 11.3 Å². The van der Waals surface area contributed by atoms with Crippen LogP contribution in [-0.4, -0.2) is 36.2 Å². The fraction of sp³-hybridized carbons (Fsp3) is 0.350. The van der Waals surface area contributed by atoms with Crippen LogP contribution in [0.1, 0.15) is 41.6 Å². The maximum Gasteiger partial charge on any atom is 0.252 e. The van der Waals surface area contributed by atoms with Crippen molar-refractivity contribution in [1.82, 2.24) is 4.98 Å². The van der Waals surface area contributed by atoms with Gasteiger partial charge in [-0.05, 0) is 37.1 Å². The second-order valence-electron chi connectivity index (χ2n) is 7.10. The first kappa shape index (κ1) is 20.5. The van der Waals surface area contributed by atoms with E-state index in [4.69, 9.17) is 16.9 Å². The summed E-state index contributed by atoms with van der Waals surface area (Å²) in [5.74, 6) is -1.29. The number of rotatable bonds is 7. The van der Waals surface area contributed by atoms with Gasteiger partial charge in [0.2, 0.25) is 0 Å². The second-order valence-corrected chi connectivity index (χ2v) is 7.10. The van der Waals surface area contributed by atoms with Crippen LogP contribution in [0.4, 0.5) is 27.4 Å². The molecular formula is C20H26FN7O. The van der Waals surface area contributed by atoms with E-state index in [9.17, 15) is 9.18 Å². The molecule has 8 N–H and O–H groups in total. The predicted molar refractivity (Wildman–Crippen MR) is 114 cm³/mol. The molecule has 0 aliphatic heterocycles. The van der Waals surface area contributed by atoms with Gasteiger partial charge in [-0.25, -0.2) is 9.37 Å². The molecule has 1 aromatic carbocycles. The number of halogens is 1. The number of pyridine rings is 1. The fourth-order valence-corrected chi connectivity index (χ4v) is 3.51. The first-order chi connectivity index (χ1) is 13.9. The Morgan fingerprint density at radius 1 is 1.28 bits per heavy atom. The smallest absolute Gasteiger partial charge is 0.252 e. The highest BCUT2D eigenvalue weighted by Crippen LogP contribution is 2.28. The molecule has 8 nitrogen and oxygen atoms in total. The zero-order chi connectivity index (χ0) is 21.0. The Morgan fingerprint density at radius 3 is 2.69 bits per heavy atom. The summed E-state index contributed by atoms with van der Waals surface area (Å²) >= 11 is 0.